The van der Waals surface area contributed by atoms with E-state index in [0.717, 1.165) is 28.1 Å². The number of aryl methyl sites for hydroxylation is 1. The Balaban J connectivity index is 1.47. The number of hydrogen-bond donors (Lipinski definition) is 2. The van der Waals surface area contributed by atoms with Gasteiger partial charge in [-0.1, -0.05) is 54.6 Å². The Bertz CT molecular complexity index is 940. The van der Waals surface area contributed by atoms with Crippen molar-refractivity contribution in [1.29, 1.82) is 0 Å². The third-order valence-electron chi connectivity index (χ3n) is 4.23. The molecule has 0 saturated heterocycles. The fourth-order valence-corrected chi connectivity index (χ4v) is 2.92. The van der Waals surface area contributed by atoms with Crippen LogP contribution < -0.4 is 15.4 Å². The van der Waals surface area contributed by atoms with Crippen LogP contribution in [-0.4, -0.2) is 11.0 Å². The van der Waals surface area contributed by atoms with Gasteiger partial charge in [0.15, 0.2) is 5.11 Å². The molecule has 3 rings (SSSR count). The Morgan fingerprint density at radius 3 is 2.32 bits per heavy atom. The lowest BCUT2D eigenvalue weighted by molar-refractivity contribution is -0.119. The van der Waals surface area contributed by atoms with Crippen molar-refractivity contribution >= 4 is 28.9 Å². The van der Waals surface area contributed by atoms with Crippen molar-refractivity contribution in [1.82, 2.24) is 5.32 Å². The quantitative estimate of drug-likeness (QED) is 0.603. The van der Waals surface area contributed by atoms with Gasteiger partial charge in [-0.2, -0.15) is 0 Å². The molecule has 0 aliphatic carbocycles. The Labute approximate surface area is 170 Å². The molecule has 4 nitrogen and oxygen atoms in total. The van der Waals surface area contributed by atoms with Crippen molar-refractivity contribution < 1.29 is 9.53 Å². The fourth-order valence-electron chi connectivity index (χ4n) is 2.69. The molecule has 0 heterocycles. The number of anilines is 1. The predicted octanol–water partition coefficient (Wildman–Crippen LogP) is 4.63. The second-order valence-electron chi connectivity index (χ2n) is 6.40. The number of rotatable bonds is 6. The molecule has 0 bridgehead atoms. The minimum atomic E-state index is -0.144. The van der Waals surface area contributed by atoms with E-state index >= 15 is 0 Å². The number of carbonyl (C=O) groups excluding carboxylic acids is 1. The first-order valence-electron chi connectivity index (χ1n) is 9.02. The summed E-state index contributed by atoms with van der Waals surface area (Å²) < 4.78 is 5.76. The zero-order valence-corrected chi connectivity index (χ0v) is 16.5. The van der Waals surface area contributed by atoms with E-state index in [1.54, 1.807) is 0 Å². The molecular formula is C23H22N2O2S. The van der Waals surface area contributed by atoms with E-state index in [1.165, 1.54) is 0 Å². The molecular weight excluding hydrogens is 368 g/mol. The lowest BCUT2D eigenvalue weighted by Gasteiger charge is -2.11. The highest BCUT2D eigenvalue weighted by Crippen LogP contribution is 2.17. The number of carbonyl (C=O) groups is 1. The first-order valence-corrected chi connectivity index (χ1v) is 9.43. The van der Waals surface area contributed by atoms with Crippen LogP contribution in [0.25, 0.3) is 0 Å². The highest BCUT2D eigenvalue weighted by Gasteiger charge is 2.08. The van der Waals surface area contributed by atoms with Crippen molar-refractivity contribution in [2.75, 3.05) is 5.32 Å². The van der Waals surface area contributed by atoms with Crippen LogP contribution in [-0.2, 0) is 17.8 Å². The van der Waals surface area contributed by atoms with Crippen LogP contribution in [0.2, 0.25) is 0 Å². The van der Waals surface area contributed by atoms with Gasteiger partial charge in [0, 0.05) is 5.69 Å². The molecule has 28 heavy (non-hydrogen) atoms. The third-order valence-corrected chi connectivity index (χ3v) is 4.43. The SMILES string of the molecule is Cc1ccccc1CC(=O)NC(=S)Nc1ccc(OCc2ccccc2)cc1. The molecule has 0 atom stereocenters. The van der Waals surface area contributed by atoms with Crippen LogP contribution >= 0.6 is 12.2 Å². The summed E-state index contributed by atoms with van der Waals surface area (Å²) >= 11 is 5.23. The molecule has 0 radical (unpaired) electrons. The van der Waals surface area contributed by atoms with Gasteiger partial charge in [0.1, 0.15) is 12.4 Å². The van der Waals surface area contributed by atoms with Gasteiger partial charge >= 0.3 is 0 Å². The summed E-state index contributed by atoms with van der Waals surface area (Å²) in [5, 5.41) is 6.01. The van der Waals surface area contributed by atoms with Gasteiger partial charge in [-0.15, -0.1) is 0 Å². The van der Waals surface area contributed by atoms with Gasteiger partial charge in [0.25, 0.3) is 0 Å². The highest BCUT2D eigenvalue weighted by molar-refractivity contribution is 7.80. The van der Waals surface area contributed by atoms with E-state index < -0.39 is 0 Å². The lowest BCUT2D eigenvalue weighted by atomic mass is 10.1. The summed E-state index contributed by atoms with van der Waals surface area (Å²) in [6.45, 7) is 2.50. The Hall–Kier alpha value is -3.18. The van der Waals surface area contributed by atoms with Crippen LogP contribution in [0, 0.1) is 6.92 Å². The van der Waals surface area contributed by atoms with E-state index in [-0.39, 0.29) is 11.0 Å². The van der Waals surface area contributed by atoms with Crippen LogP contribution in [0.5, 0.6) is 5.75 Å². The van der Waals surface area contributed by atoms with E-state index in [4.69, 9.17) is 17.0 Å². The number of thiocarbonyl (C=S) groups is 1. The van der Waals surface area contributed by atoms with Crippen molar-refractivity contribution in [3.05, 3.63) is 95.6 Å². The standard InChI is InChI=1S/C23H22N2O2S/c1-17-7-5-6-10-19(17)15-22(26)25-23(28)24-20-11-13-21(14-12-20)27-16-18-8-3-2-4-9-18/h2-14H,15-16H2,1H3,(H2,24,25,26,28). The maximum Gasteiger partial charge on any atom is 0.230 e. The maximum atomic E-state index is 12.2. The van der Waals surface area contributed by atoms with E-state index in [1.807, 2.05) is 85.8 Å². The lowest BCUT2D eigenvalue weighted by Crippen LogP contribution is -2.35. The predicted molar refractivity (Wildman–Crippen MR) is 116 cm³/mol. The van der Waals surface area contributed by atoms with Crippen molar-refractivity contribution in [2.24, 2.45) is 0 Å². The van der Waals surface area contributed by atoms with Crippen molar-refractivity contribution in [3.63, 3.8) is 0 Å². The van der Waals surface area contributed by atoms with Crippen LogP contribution in [0.4, 0.5) is 5.69 Å². The van der Waals surface area contributed by atoms with Gasteiger partial charge < -0.3 is 15.4 Å². The molecule has 0 aliphatic heterocycles. The second-order valence-corrected chi connectivity index (χ2v) is 6.81. The van der Waals surface area contributed by atoms with Crippen LogP contribution in [0.1, 0.15) is 16.7 Å². The van der Waals surface area contributed by atoms with Crippen LogP contribution in [0.15, 0.2) is 78.9 Å². The highest BCUT2D eigenvalue weighted by atomic mass is 32.1. The Morgan fingerprint density at radius 2 is 1.61 bits per heavy atom. The average Bonchev–Trinajstić information content (AvgIpc) is 2.70. The minimum Gasteiger partial charge on any atom is -0.489 e. The Kier molecular flexibility index (Phi) is 6.76. The zero-order valence-electron chi connectivity index (χ0n) is 15.6. The van der Waals surface area contributed by atoms with Gasteiger partial charge in [-0.3, -0.25) is 4.79 Å². The monoisotopic (exact) mass is 390 g/mol. The molecule has 0 spiro atoms. The number of benzene rings is 3. The summed E-state index contributed by atoms with van der Waals surface area (Å²) in [7, 11) is 0. The summed E-state index contributed by atoms with van der Waals surface area (Å²) in [6.07, 6.45) is 0.292. The van der Waals surface area contributed by atoms with E-state index in [0.29, 0.717) is 13.0 Å². The second kappa shape index (κ2) is 9.67. The molecule has 5 heteroatoms. The maximum absolute atomic E-state index is 12.2. The molecule has 3 aromatic carbocycles. The molecule has 0 unspecified atom stereocenters. The summed E-state index contributed by atoms with van der Waals surface area (Å²) in [4.78, 5) is 12.2. The number of hydrogen-bond acceptors (Lipinski definition) is 3. The van der Waals surface area contributed by atoms with E-state index in [2.05, 4.69) is 10.6 Å². The molecule has 1 amide bonds. The molecule has 0 aliphatic rings. The molecule has 142 valence electrons. The summed E-state index contributed by atoms with van der Waals surface area (Å²) in [5.74, 6) is 0.624. The van der Waals surface area contributed by atoms with Crippen molar-refractivity contribution in [2.45, 2.75) is 20.0 Å². The molecule has 0 aromatic heterocycles. The summed E-state index contributed by atoms with van der Waals surface area (Å²) in [5.41, 5.74) is 3.97. The fraction of sp³-hybridized carbons (Fsp3) is 0.130. The number of nitrogens with one attached hydrogen (secondary N) is 2. The molecule has 2 N–H and O–H groups in total. The zero-order chi connectivity index (χ0) is 19.8. The molecule has 0 fully saturated rings. The molecule has 0 saturated carbocycles. The van der Waals surface area contributed by atoms with Crippen LogP contribution in [0.3, 0.4) is 0 Å². The summed E-state index contributed by atoms with van der Waals surface area (Å²) in [6, 6.07) is 25.3. The smallest absolute Gasteiger partial charge is 0.230 e. The van der Waals surface area contributed by atoms with Gasteiger partial charge in [-0.25, -0.2) is 0 Å². The first kappa shape index (κ1) is 19.6. The topological polar surface area (TPSA) is 50.4 Å². The van der Waals surface area contributed by atoms with Crippen molar-refractivity contribution in [3.8, 4) is 5.75 Å². The minimum absolute atomic E-state index is 0.144. The third kappa shape index (κ3) is 5.93. The van der Waals surface area contributed by atoms with Gasteiger partial charge in [-0.05, 0) is 60.1 Å². The molecule has 3 aromatic rings. The Morgan fingerprint density at radius 1 is 0.929 bits per heavy atom. The first-order chi connectivity index (χ1) is 13.6. The largest absolute Gasteiger partial charge is 0.489 e. The van der Waals surface area contributed by atoms with Gasteiger partial charge in [0.05, 0.1) is 6.42 Å². The number of ether oxygens (including phenoxy) is 1. The average molecular weight is 391 g/mol. The normalized spacial score (nSPS) is 10.2. The van der Waals surface area contributed by atoms with E-state index in [9.17, 15) is 4.79 Å². The van der Waals surface area contributed by atoms with Gasteiger partial charge in [0.2, 0.25) is 5.91 Å². The number of amides is 1.